The summed E-state index contributed by atoms with van der Waals surface area (Å²) in [6, 6.07) is 7.98. The van der Waals surface area contributed by atoms with Gasteiger partial charge in [0.05, 0.1) is 24.3 Å². The Balaban J connectivity index is 2.16. The largest absolute Gasteiger partial charge is 0.475 e. The zero-order chi connectivity index (χ0) is 18.8. The van der Waals surface area contributed by atoms with Crippen molar-refractivity contribution < 1.29 is 19.4 Å². The maximum Gasteiger partial charge on any atom is 0.375 e. The molecule has 0 radical (unpaired) electrons. The number of esters is 1. The van der Waals surface area contributed by atoms with E-state index in [1.165, 1.54) is 4.68 Å². The summed E-state index contributed by atoms with van der Waals surface area (Å²) >= 11 is 0. The predicted molar refractivity (Wildman–Crippen MR) is 89.2 cm³/mol. The fourth-order valence-electron chi connectivity index (χ4n) is 2.89. The first-order chi connectivity index (χ1) is 12.5. The van der Waals surface area contributed by atoms with Gasteiger partial charge < -0.3 is 9.84 Å². The number of hydrogen-bond acceptors (Lipinski definition) is 7. The SMILES string of the molecule is CCOC(=O)C1C(C)=Nc2nc(C(=O)O)nn2C1c1ccc(C#N)cc1. The maximum atomic E-state index is 12.5. The van der Waals surface area contributed by atoms with E-state index >= 15 is 0 Å². The Kier molecular flexibility index (Phi) is 4.49. The van der Waals surface area contributed by atoms with Crippen LogP contribution in [0.15, 0.2) is 29.3 Å². The van der Waals surface area contributed by atoms with Crippen LogP contribution in [0.4, 0.5) is 5.95 Å². The van der Waals surface area contributed by atoms with Gasteiger partial charge in [-0.2, -0.15) is 10.2 Å². The van der Waals surface area contributed by atoms with Crippen LogP contribution in [0, 0.1) is 17.2 Å². The normalized spacial score (nSPS) is 18.4. The van der Waals surface area contributed by atoms with Crippen molar-refractivity contribution in [1.82, 2.24) is 14.8 Å². The number of nitrogens with zero attached hydrogens (tertiary/aromatic N) is 5. The Hall–Kier alpha value is -3.54. The van der Waals surface area contributed by atoms with Crippen LogP contribution in [0.1, 0.15) is 41.6 Å². The molecule has 2 heterocycles. The summed E-state index contributed by atoms with van der Waals surface area (Å²) in [7, 11) is 0. The van der Waals surface area contributed by atoms with Crippen molar-refractivity contribution in [1.29, 1.82) is 5.26 Å². The third kappa shape index (κ3) is 2.93. The molecule has 1 aromatic carbocycles. The fraction of sp³-hybridized carbons (Fsp3) is 0.294. The number of hydrogen-bond donors (Lipinski definition) is 1. The fourth-order valence-corrected chi connectivity index (χ4v) is 2.89. The molecule has 132 valence electrons. The van der Waals surface area contributed by atoms with Gasteiger partial charge in [0.1, 0.15) is 5.92 Å². The lowest BCUT2D eigenvalue weighted by Gasteiger charge is -2.29. The Morgan fingerprint density at radius 3 is 2.62 bits per heavy atom. The molecule has 0 saturated carbocycles. The Morgan fingerprint density at radius 2 is 2.04 bits per heavy atom. The summed E-state index contributed by atoms with van der Waals surface area (Å²) in [5.41, 5.74) is 1.58. The zero-order valence-electron chi connectivity index (χ0n) is 14.1. The number of carboxylic acids is 1. The molecule has 3 rings (SSSR count). The zero-order valence-corrected chi connectivity index (χ0v) is 14.1. The minimum Gasteiger partial charge on any atom is -0.475 e. The number of benzene rings is 1. The second-order valence-corrected chi connectivity index (χ2v) is 5.65. The molecule has 2 unspecified atom stereocenters. The van der Waals surface area contributed by atoms with Crippen molar-refractivity contribution in [2.24, 2.45) is 10.9 Å². The molecule has 1 aromatic heterocycles. The molecule has 1 aliphatic rings. The molecule has 1 aliphatic heterocycles. The smallest absolute Gasteiger partial charge is 0.375 e. The van der Waals surface area contributed by atoms with Crippen LogP contribution >= 0.6 is 0 Å². The third-order valence-corrected chi connectivity index (χ3v) is 4.03. The molecule has 26 heavy (non-hydrogen) atoms. The van der Waals surface area contributed by atoms with Gasteiger partial charge in [0.2, 0.25) is 5.95 Å². The monoisotopic (exact) mass is 353 g/mol. The lowest BCUT2D eigenvalue weighted by Crippen LogP contribution is -2.37. The molecular weight excluding hydrogens is 338 g/mol. The summed E-state index contributed by atoms with van der Waals surface area (Å²) < 4.78 is 6.49. The lowest BCUT2D eigenvalue weighted by molar-refractivity contribution is -0.146. The summed E-state index contributed by atoms with van der Waals surface area (Å²) in [6.07, 6.45) is 0. The summed E-state index contributed by atoms with van der Waals surface area (Å²) in [6.45, 7) is 3.57. The van der Waals surface area contributed by atoms with Gasteiger partial charge in [-0.25, -0.2) is 14.5 Å². The van der Waals surface area contributed by atoms with E-state index in [4.69, 9.17) is 15.1 Å². The number of fused-ring (bicyclic) bond motifs is 1. The van der Waals surface area contributed by atoms with E-state index in [2.05, 4.69) is 15.1 Å². The molecule has 0 bridgehead atoms. The minimum absolute atomic E-state index is 0.106. The quantitative estimate of drug-likeness (QED) is 0.828. The average Bonchev–Trinajstić information content (AvgIpc) is 3.04. The van der Waals surface area contributed by atoms with E-state index in [-0.39, 0.29) is 12.6 Å². The topological polar surface area (TPSA) is 130 Å². The Labute approximate surface area is 148 Å². The molecule has 2 aromatic rings. The number of rotatable bonds is 4. The van der Waals surface area contributed by atoms with E-state index in [9.17, 15) is 9.59 Å². The summed E-state index contributed by atoms with van der Waals surface area (Å²) in [4.78, 5) is 31.9. The van der Waals surface area contributed by atoms with Crippen molar-refractivity contribution in [3.05, 3.63) is 41.2 Å². The maximum absolute atomic E-state index is 12.5. The van der Waals surface area contributed by atoms with E-state index in [0.717, 1.165) is 0 Å². The van der Waals surface area contributed by atoms with Gasteiger partial charge in [-0.3, -0.25) is 4.79 Å². The van der Waals surface area contributed by atoms with Crippen molar-refractivity contribution in [3.8, 4) is 6.07 Å². The summed E-state index contributed by atoms with van der Waals surface area (Å²) in [5.74, 6) is -2.85. The highest BCUT2D eigenvalue weighted by atomic mass is 16.5. The van der Waals surface area contributed by atoms with Crippen LogP contribution < -0.4 is 0 Å². The number of aromatic nitrogens is 3. The number of carbonyl (C=O) groups is 2. The van der Waals surface area contributed by atoms with Crippen LogP contribution in [-0.4, -0.2) is 44.1 Å². The highest BCUT2D eigenvalue weighted by Crippen LogP contribution is 2.36. The number of carboxylic acid groups (broad SMARTS) is 1. The van der Waals surface area contributed by atoms with Crippen LogP contribution in [0.5, 0.6) is 0 Å². The van der Waals surface area contributed by atoms with Crippen molar-refractivity contribution >= 4 is 23.6 Å². The number of nitriles is 1. The molecule has 9 nitrogen and oxygen atoms in total. The third-order valence-electron chi connectivity index (χ3n) is 4.03. The highest BCUT2D eigenvalue weighted by Gasteiger charge is 2.40. The first-order valence-electron chi connectivity index (χ1n) is 7.88. The Morgan fingerprint density at radius 1 is 1.35 bits per heavy atom. The van der Waals surface area contributed by atoms with E-state index < -0.39 is 29.7 Å². The molecule has 1 N–H and O–H groups in total. The van der Waals surface area contributed by atoms with Gasteiger partial charge in [0.25, 0.3) is 5.82 Å². The van der Waals surface area contributed by atoms with Gasteiger partial charge in [0.15, 0.2) is 0 Å². The number of ether oxygens (including phenoxy) is 1. The van der Waals surface area contributed by atoms with Crippen LogP contribution in [-0.2, 0) is 9.53 Å². The molecule has 0 amide bonds. The van der Waals surface area contributed by atoms with Gasteiger partial charge in [0, 0.05) is 5.71 Å². The molecule has 2 atom stereocenters. The van der Waals surface area contributed by atoms with Gasteiger partial charge >= 0.3 is 11.9 Å². The first kappa shape index (κ1) is 17.3. The van der Waals surface area contributed by atoms with Gasteiger partial charge in [-0.05, 0) is 31.5 Å². The first-order valence-corrected chi connectivity index (χ1v) is 7.88. The van der Waals surface area contributed by atoms with Gasteiger partial charge in [-0.1, -0.05) is 12.1 Å². The molecule has 0 aliphatic carbocycles. The van der Waals surface area contributed by atoms with E-state index in [0.29, 0.717) is 16.8 Å². The van der Waals surface area contributed by atoms with Gasteiger partial charge in [-0.15, -0.1) is 5.10 Å². The second-order valence-electron chi connectivity index (χ2n) is 5.65. The Bertz CT molecular complexity index is 939. The highest BCUT2D eigenvalue weighted by molar-refractivity contribution is 6.03. The minimum atomic E-state index is -1.29. The van der Waals surface area contributed by atoms with E-state index in [1.807, 2.05) is 6.07 Å². The standard InChI is InChI=1S/C17H15N5O4/c1-3-26-16(25)12-9(2)19-17-20-14(15(23)24)21-22(17)13(12)11-6-4-10(8-18)5-7-11/h4-7,12-13H,3H2,1-2H3,(H,23,24). The van der Waals surface area contributed by atoms with Crippen molar-refractivity contribution in [2.45, 2.75) is 19.9 Å². The van der Waals surface area contributed by atoms with Crippen LogP contribution in [0.25, 0.3) is 0 Å². The molecular formula is C17H15N5O4. The molecule has 0 spiro atoms. The van der Waals surface area contributed by atoms with Crippen molar-refractivity contribution in [2.75, 3.05) is 6.61 Å². The molecule has 0 fully saturated rings. The average molecular weight is 353 g/mol. The molecule has 0 saturated heterocycles. The van der Waals surface area contributed by atoms with Crippen LogP contribution in [0.2, 0.25) is 0 Å². The number of carbonyl (C=O) groups excluding carboxylic acids is 1. The number of aromatic carboxylic acids is 1. The van der Waals surface area contributed by atoms with Crippen LogP contribution in [0.3, 0.4) is 0 Å². The molecule has 9 heteroatoms. The predicted octanol–water partition coefficient (Wildman–Crippen LogP) is 1.72. The van der Waals surface area contributed by atoms with E-state index in [1.54, 1.807) is 38.1 Å². The lowest BCUT2D eigenvalue weighted by atomic mass is 9.88. The second kappa shape index (κ2) is 6.76. The summed E-state index contributed by atoms with van der Waals surface area (Å²) in [5, 5.41) is 22.2. The number of aliphatic imine (C=N–C) groups is 1. The van der Waals surface area contributed by atoms with Crippen molar-refractivity contribution in [3.63, 3.8) is 0 Å².